The minimum absolute atomic E-state index is 0.337. The maximum Gasteiger partial charge on any atom is 0.0304 e. The number of rotatable bonds is 1. The lowest BCUT2D eigenvalue weighted by atomic mass is 9.91. The lowest BCUT2D eigenvalue weighted by Crippen LogP contribution is -2.03. The Morgan fingerprint density at radius 3 is 2.40 bits per heavy atom. The summed E-state index contributed by atoms with van der Waals surface area (Å²) in [6.45, 7) is 6.50. The molecule has 0 fully saturated rings. The third-order valence-corrected chi connectivity index (χ3v) is 1.14. The fourth-order valence-electron chi connectivity index (χ4n) is 0.540. The Kier molecular flexibility index (Phi) is 3.90. The molecule has 0 spiro atoms. The van der Waals surface area contributed by atoms with Crippen molar-refractivity contribution >= 4 is 0 Å². The van der Waals surface area contributed by atoms with Crippen molar-refractivity contribution in [2.24, 2.45) is 5.41 Å². The van der Waals surface area contributed by atoms with Gasteiger partial charge in [-0.2, -0.15) is 0 Å². The molecule has 0 atom stereocenters. The summed E-state index contributed by atoms with van der Waals surface area (Å²) < 4.78 is 0. The van der Waals surface area contributed by atoms with E-state index in [0.717, 1.165) is 12.8 Å². The van der Waals surface area contributed by atoms with Crippen LogP contribution >= 0.6 is 0 Å². The Hall–Kier alpha value is -0.680. The summed E-state index contributed by atoms with van der Waals surface area (Å²) in [7, 11) is 0. The van der Waals surface area contributed by atoms with E-state index >= 15 is 0 Å². The third kappa shape index (κ3) is 7.32. The van der Waals surface area contributed by atoms with Gasteiger partial charge in [0.1, 0.15) is 0 Å². The van der Waals surface area contributed by atoms with Crippen LogP contribution in [0.3, 0.4) is 0 Å². The van der Waals surface area contributed by atoms with E-state index in [9.17, 15) is 0 Å². The molecule has 0 aromatic heterocycles. The molecule has 0 aliphatic carbocycles. The first kappa shape index (κ1) is 9.32. The van der Waals surface area contributed by atoms with Crippen molar-refractivity contribution < 1.29 is 5.21 Å². The molecule has 2 heteroatoms. The molecule has 0 aliphatic rings. The van der Waals surface area contributed by atoms with E-state index in [4.69, 9.17) is 5.21 Å². The maximum absolute atomic E-state index is 8.07. The van der Waals surface area contributed by atoms with Crippen LogP contribution in [-0.2, 0) is 0 Å². The molecule has 0 radical (unpaired) electrons. The molecule has 2 nitrogen and oxygen atoms in total. The molecule has 0 saturated carbocycles. The highest BCUT2D eigenvalue weighted by Gasteiger charge is 2.07. The van der Waals surface area contributed by atoms with Crippen molar-refractivity contribution in [3.63, 3.8) is 0 Å². The summed E-state index contributed by atoms with van der Waals surface area (Å²) in [6.07, 6.45) is 1.89. The molecule has 0 unspecified atom stereocenters. The quantitative estimate of drug-likeness (QED) is 0.331. The summed E-state index contributed by atoms with van der Waals surface area (Å²) in [5, 5.41) is 8.07. The molecule has 0 aromatic rings. The van der Waals surface area contributed by atoms with Crippen molar-refractivity contribution in [1.29, 1.82) is 0 Å². The maximum atomic E-state index is 8.07. The van der Waals surface area contributed by atoms with Gasteiger partial charge in [0.2, 0.25) is 0 Å². The molecule has 0 aliphatic heterocycles. The van der Waals surface area contributed by atoms with Crippen LogP contribution in [0.2, 0.25) is 0 Å². The molecule has 0 bridgehead atoms. The van der Waals surface area contributed by atoms with Gasteiger partial charge in [-0.15, -0.1) is 0 Å². The van der Waals surface area contributed by atoms with E-state index in [1.54, 1.807) is 5.48 Å². The van der Waals surface area contributed by atoms with Gasteiger partial charge in [0.15, 0.2) is 0 Å². The van der Waals surface area contributed by atoms with E-state index in [1.165, 1.54) is 0 Å². The van der Waals surface area contributed by atoms with Crippen molar-refractivity contribution in [1.82, 2.24) is 5.48 Å². The number of hydrogen-bond acceptors (Lipinski definition) is 2. The fraction of sp³-hybridized carbons (Fsp3) is 0.750. The molecule has 0 amide bonds. The summed E-state index contributed by atoms with van der Waals surface area (Å²) in [5.41, 5.74) is 2.13. The van der Waals surface area contributed by atoms with Gasteiger partial charge in [0.05, 0.1) is 0 Å². The predicted octanol–water partition coefficient (Wildman–Crippen LogP) is 1.75. The Labute approximate surface area is 62.6 Å². The Balaban J connectivity index is 3.37. The van der Waals surface area contributed by atoms with Gasteiger partial charge in [-0.05, 0) is 11.8 Å². The lowest BCUT2D eigenvalue weighted by molar-refractivity contribution is 0.224. The standard InChI is InChI=1S/C8H15NO/c1-8(2,3)6-4-5-7-9-10/h9-10H,4,6H2,1-3H3. The van der Waals surface area contributed by atoms with Crippen molar-refractivity contribution in [2.45, 2.75) is 33.6 Å². The average molecular weight is 141 g/mol. The Morgan fingerprint density at radius 1 is 1.40 bits per heavy atom. The summed E-state index contributed by atoms with van der Waals surface area (Å²) in [4.78, 5) is 0. The molecular weight excluding hydrogens is 126 g/mol. The normalized spacial score (nSPS) is 10.0. The topological polar surface area (TPSA) is 32.3 Å². The van der Waals surface area contributed by atoms with Gasteiger partial charge < -0.3 is 0 Å². The molecule has 0 aromatic carbocycles. The zero-order valence-electron chi connectivity index (χ0n) is 6.86. The van der Waals surface area contributed by atoms with E-state index in [1.807, 2.05) is 0 Å². The monoisotopic (exact) mass is 141 g/mol. The highest BCUT2D eigenvalue weighted by Crippen LogP contribution is 2.19. The average Bonchev–Trinajstić information content (AvgIpc) is 1.78. The first-order valence-electron chi connectivity index (χ1n) is 3.43. The molecule has 10 heavy (non-hydrogen) atoms. The molecule has 2 N–H and O–H groups in total. The minimum atomic E-state index is 0.337. The molecule has 0 heterocycles. The second-order valence-electron chi connectivity index (χ2n) is 3.47. The van der Waals surface area contributed by atoms with Gasteiger partial charge in [0, 0.05) is 12.5 Å². The molecule has 0 saturated heterocycles. The zero-order chi connectivity index (χ0) is 8.04. The molecular formula is C8H15NO. The van der Waals surface area contributed by atoms with Gasteiger partial charge >= 0.3 is 0 Å². The highest BCUT2D eigenvalue weighted by molar-refractivity contribution is 4.94. The van der Waals surface area contributed by atoms with Crippen LogP contribution in [-0.4, -0.2) is 5.21 Å². The third-order valence-electron chi connectivity index (χ3n) is 1.14. The number of nitrogens with one attached hydrogen (secondary N) is 1. The van der Waals surface area contributed by atoms with Crippen molar-refractivity contribution in [3.8, 4) is 12.0 Å². The van der Waals surface area contributed by atoms with Crippen molar-refractivity contribution in [2.75, 3.05) is 0 Å². The largest absolute Gasteiger partial charge is 0.283 e. The van der Waals surface area contributed by atoms with E-state index < -0.39 is 0 Å². The zero-order valence-corrected chi connectivity index (χ0v) is 6.86. The van der Waals surface area contributed by atoms with Gasteiger partial charge in [-0.1, -0.05) is 26.7 Å². The summed E-state index contributed by atoms with van der Waals surface area (Å²) >= 11 is 0. The predicted molar refractivity (Wildman–Crippen MR) is 41.4 cm³/mol. The Bertz CT molecular complexity index is 136. The number of hydroxylamine groups is 1. The smallest absolute Gasteiger partial charge is 0.0304 e. The number of hydrogen-bond donors (Lipinski definition) is 2. The van der Waals surface area contributed by atoms with Crippen LogP contribution in [0.1, 0.15) is 33.6 Å². The van der Waals surface area contributed by atoms with Crippen LogP contribution in [0.5, 0.6) is 0 Å². The first-order chi connectivity index (χ1) is 4.56. The molecule has 0 rings (SSSR count). The van der Waals surface area contributed by atoms with Gasteiger partial charge in [-0.25, -0.2) is 5.48 Å². The Morgan fingerprint density at radius 2 is 2.00 bits per heavy atom. The summed E-state index contributed by atoms with van der Waals surface area (Å²) in [6, 6.07) is 2.38. The SMILES string of the molecule is CC(C)(C)CCC#CNO. The summed E-state index contributed by atoms with van der Waals surface area (Å²) in [5.74, 6) is 2.78. The van der Waals surface area contributed by atoms with Crippen LogP contribution in [0.25, 0.3) is 0 Å². The first-order valence-corrected chi connectivity index (χ1v) is 3.43. The second-order valence-corrected chi connectivity index (χ2v) is 3.47. The van der Waals surface area contributed by atoms with Crippen LogP contribution in [0.4, 0.5) is 0 Å². The van der Waals surface area contributed by atoms with Crippen LogP contribution in [0.15, 0.2) is 0 Å². The molecule has 58 valence electrons. The highest BCUT2D eigenvalue weighted by atomic mass is 16.5. The van der Waals surface area contributed by atoms with E-state index in [-0.39, 0.29) is 0 Å². The van der Waals surface area contributed by atoms with E-state index in [2.05, 4.69) is 32.7 Å². The van der Waals surface area contributed by atoms with Gasteiger partial charge in [-0.3, -0.25) is 5.21 Å². The second kappa shape index (κ2) is 4.19. The van der Waals surface area contributed by atoms with Crippen LogP contribution in [0, 0.1) is 17.4 Å². The van der Waals surface area contributed by atoms with Gasteiger partial charge in [0.25, 0.3) is 0 Å². The lowest BCUT2D eigenvalue weighted by Gasteiger charge is -2.15. The van der Waals surface area contributed by atoms with Crippen molar-refractivity contribution in [3.05, 3.63) is 0 Å². The minimum Gasteiger partial charge on any atom is -0.283 e. The van der Waals surface area contributed by atoms with E-state index in [0.29, 0.717) is 5.41 Å². The van der Waals surface area contributed by atoms with Crippen LogP contribution < -0.4 is 5.48 Å². The fourth-order valence-corrected chi connectivity index (χ4v) is 0.540.